The number of piperazine rings is 1. The Morgan fingerprint density at radius 2 is 2.00 bits per heavy atom. The van der Waals surface area contributed by atoms with Crippen LogP contribution in [-0.4, -0.2) is 70.9 Å². The molecule has 2 rings (SSSR count). The molecule has 0 aliphatic carbocycles. The number of hydrogen-bond acceptors (Lipinski definition) is 5. The summed E-state index contributed by atoms with van der Waals surface area (Å²) in [6, 6.07) is 1.83. The fraction of sp³-hybridized carbons (Fsp3) is 0.643. The number of ether oxygens (including phenoxy) is 1. The van der Waals surface area contributed by atoms with Gasteiger partial charge in [-0.05, 0) is 13.8 Å². The topological polar surface area (TPSA) is 79.7 Å². The van der Waals surface area contributed by atoms with Gasteiger partial charge in [-0.15, -0.1) is 0 Å². The zero-order valence-corrected chi connectivity index (χ0v) is 13.3. The maximum Gasteiger partial charge on any atom is 0.409 e. The molecule has 0 saturated carbocycles. The van der Waals surface area contributed by atoms with Gasteiger partial charge in [0.25, 0.3) is 0 Å². The average Bonchev–Trinajstić information content (AvgIpc) is 2.77. The van der Waals surface area contributed by atoms with Gasteiger partial charge in [0, 0.05) is 39.3 Å². The van der Waals surface area contributed by atoms with Crippen molar-refractivity contribution < 1.29 is 14.3 Å². The van der Waals surface area contributed by atoms with Crippen LogP contribution in [0, 0.1) is 6.92 Å². The number of amides is 2. The molecule has 0 aromatic carbocycles. The third-order valence-electron chi connectivity index (χ3n) is 3.53. The van der Waals surface area contributed by atoms with Crippen LogP contribution in [0.4, 0.5) is 10.6 Å². The molecule has 22 heavy (non-hydrogen) atoms. The summed E-state index contributed by atoms with van der Waals surface area (Å²) in [5.41, 5.74) is 0.862. The van der Waals surface area contributed by atoms with Crippen molar-refractivity contribution in [3.8, 4) is 0 Å². The van der Waals surface area contributed by atoms with Crippen LogP contribution in [-0.2, 0) is 16.6 Å². The molecule has 1 saturated heterocycles. The molecule has 1 aromatic heterocycles. The second-order valence-electron chi connectivity index (χ2n) is 5.30. The first-order chi connectivity index (χ1) is 10.5. The van der Waals surface area contributed by atoms with E-state index in [-0.39, 0.29) is 12.0 Å². The largest absolute Gasteiger partial charge is 0.450 e. The van der Waals surface area contributed by atoms with Gasteiger partial charge < -0.3 is 15.0 Å². The smallest absolute Gasteiger partial charge is 0.409 e. The van der Waals surface area contributed by atoms with Gasteiger partial charge in [-0.2, -0.15) is 5.10 Å². The highest BCUT2D eigenvalue weighted by Crippen LogP contribution is 2.09. The van der Waals surface area contributed by atoms with Crippen LogP contribution >= 0.6 is 0 Å². The van der Waals surface area contributed by atoms with Gasteiger partial charge in [0.1, 0.15) is 5.82 Å². The fourth-order valence-electron chi connectivity index (χ4n) is 2.42. The number of aryl methyl sites for hydroxylation is 2. The number of nitrogens with zero attached hydrogens (tertiary/aromatic N) is 4. The quantitative estimate of drug-likeness (QED) is 0.873. The SMILES string of the molecule is CCOC(=O)N1CCN(CC(=O)Nc2cc(C)nn2C)CC1. The van der Waals surface area contributed by atoms with Gasteiger partial charge >= 0.3 is 6.09 Å². The third kappa shape index (κ3) is 4.20. The van der Waals surface area contributed by atoms with Crippen molar-refractivity contribution in [3.63, 3.8) is 0 Å². The van der Waals surface area contributed by atoms with Gasteiger partial charge in [0.2, 0.25) is 5.91 Å². The Kier molecular flexibility index (Phi) is 5.37. The van der Waals surface area contributed by atoms with E-state index in [0.29, 0.717) is 45.1 Å². The summed E-state index contributed by atoms with van der Waals surface area (Å²) in [5.74, 6) is 0.611. The van der Waals surface area contributed by atoms with Crippen LogP contribution in [0.3, 0.4) is 0 Å². The minimum absolute atomic E-state index is 0.0763. The van der Waals surface area contributed by atoms with E-state index < -0.39 is 0 Å². The van der Waals surface area contributed by atoms with Crippen molar-refractivity contribution in [1.82, 2.24) is 19.6 Å². The second kappa shape index (κ2) is 7.26. The third-order valence-corrected chi connectivity index (χ3v) is 3.53. The predicted molar refractivity (Wildman–Crippen MR) is 81.6 cm³/mol. The molecule has 0 unspecified atom stereocenters. The molecule has 8 heteroatoms. The normalized spacial score (nSPS) is 15.7. The van der Waals surface area contributed by atoms with Crippen LogP contribution in [0.5, 0.6) is 0 Å². The zero-order chi connectivity index (χ0) is 16.1. The summed E-state index contributed by atoms with van der Waals surface area (Å²) in [6.07, 6.45) is -0.281. The van der Waals surface area contributed by atoms with Crippen molar-refractivity contribution in [2.75, 3.05) is 44.6 Å². The highest BCUT2D eigenvalue weighted by atomic mass is 16.6. The Labute approximate surface area is 130 Å². The van der Waals surface area contributed by atoms with E-state index in [1.54, 1.807) is 23.6 Å². The van der Waals surface area contributed by atoms with Gasteiger partial charge in [-0.3, -0.25) is 14.4 Å². The number of carbonyl (C=O) groups is 2. The van der Waals surface area contributed by atoms with Gasteiger partial charge in [0.15, 0.2) is 0 Å². The average molecular weight is 309 g/mol. The molecule has 122 valence electrons. The Hall–Kier alpha value is -2.09. The van der Waals surface area contributed by atoms with E-state index in [9.17, 15) is 9.59 Å². The molecule has 2 heterocycles. The van der Waals surface area contributed by atoms with E-state index in [0.717, 1.165) is 5.69 Å². The summed E-state index contributed by atoms with van der Waals surface area (Å²) < 4.78 is 6.62. The fourth-order valence-corrected chi connectivity index (χ4v) is 2.42. The van der Waals surface area contributed by atoms with Crippen LogP contribution in [0.25, 0.3) is 0 Å². The number of aromatic nitrogens is 2. The predicted octanol–water partition coefficient (Wildman–Crippen LogP) is 0.441. The van der Waals surface area contributed by atoms with Gasteiger partial charge in [0.05, 0.1) is 18.8 Å². The number of hydrogen-bond donors (Lipinski definition) is 1. The molecule has 8 nitrogen and oxygen atoms in total. The highest BCUT2D eigenvalue weighted by molar-refractivity contribution is 5.91. The number of anilines is 1. The Morgan fingerprint density at radius 3 is 2.55 bits per heavy atom. The molecule has 0 radical (unpaired) electrons. The molecule has 1 aliphatic heterocycles. The molecule has 2 amide bonds. The molecule has 1 aromatic rings. The van der Waals surface area contributed by atoms with Crippen molar-refractivity contribution in [2.45, 2.75) is 13.8 Å². The molecular weight excluding hydrogens is 286 g/mol. The first-order valence-electron chi connectivity index (χ1n) is 7.44. The summed E-state index contributed by atoms with van der Waals surface area (Å²) in [7, 11) is 1.79. The number of rotatable bonds is 4. The Balaban J connectivity index is 1.77. The first kappa shape index (κ1) is 16.3. The molecule has 1 aliphatic rings. The molecule has 0 bridgehead atoms. The molecular formula is C14H23N5O3. The van der Waals surface area contributed by atoms with Crippen LogP contribution in [0.1, 0.15) is 12.6 Å². The zero-order valence-electron chi connectivity index (χ0n) is 13.3. The van der Waals surface area contributed by atoms with Gasteiger partial charge in [-0.1, -0.05) is 0 Å². The molecule has 0 atom stereocenters. The highest BCUT2D eigenvalue weighted by Gasteiger charge is 2.23. The molecule has 1 N–H and O–H groups in total. The lowest BCUT2D eigenvalue weighted by atomic mass is 10.3. The van der Waals surface area contributed by atoms with Crippen LogP contribution in [0.15, 0.2) is 6.07 Å². The molecule has 0 spiro atoms. The van der Waals surface area contributed by atoms with E-state index in [4.69, 9.17) is 4.74 Å². The standard InChI is InChI=1S/C14H23N5O3/c1-4-22-14(21)19-7-5-18(6-8-19)10-13(20)15-12-9-11(2)16-17(12)3/h9H,4-8,10H2,1-3H3,(H,15,20). The lowest BCUT2D eigenvalue weighted by Gasteiger charge is -2.33. The summed E-state index contributed by atoms with van der Waals surface area (Å²) in [5, 5.41) is 7.04. The lowest BCUT2D eigenvalue weighted by molar-refractivity contribution is -0.117. The minimum atomic E-state index is -0.281. The number of nitrogens with one attached hydrogen (secondary N) is 1. The summed E-state index contributed by atoms with van der Waals surface area (Å²) >= 11 is 0. The second-order valence-corrected chi connectivity index (χ2v) is 5.30. The van der Waals surface area contributed by atoms with E-state index in [1.807, 2.05) is 17.9 Å². The van der Waals surface area contributed by atoms with E-state index >= 15 is 0 Å². The van der Waals surface area contributed by atoms with Crippen molar-refractivity contribution >= 4 is 17.8 Å². The van der Waals surface area contributed by atoms with Crippen LogP contribution < -0.4 is 5.32 Å². The van der Waals surface area contributed by atoms with E-state index in [2.05, 4.69) is 10.4 Å². The Morgan fingerprint density at radius 1 is 1.32 bits per heavy atom. The van der Waals surface area contributed by atoms with Gasteiger partial charge in [-0.25, -0.2) is 4.79 Å². The summed E-state index contributed by atoms with van der Waals surface area (Å²) in [4.78, 5) is 27.4. The number of carbonyl (C=O) groups excluding carboxylic acids is 2. The molecule has 1 fully saturated rings. The van der Waals surface area contributed by atoms with Crippen LogP contribution in [0.2, 0.25) is 0 Å². The first-order valence-corrected chi connectivity index (χ1v) is 7.44. The van der Waals surface area contributed by atoms with Crippen molar-refractivity contribution in [3.05, 3.63) is 11.8 Å². The minimum Gasteiger partial charge on any atom is -0.450 e. The summed E-state index contributed by atoms with van der Waals surface area (Å²) in [6.45, 7) is 6.84. The maximum atomic E-state index is 12.1. The monoisotopic (exact) mass is 309 g/mol. The van der Waals surface area contributed by atoms with E-state index in [1.165, 1.54) is 0 Å². The van der Waals surface area contributed by atoms with Crippen molar-refractivity contribution in [1.29, 1.82) is 0 Å². The maximum absolute atomic E-state index is 12.1. The lowest BCUT2D eigenvalue weighted by Crippen LogP contribution is -2.50. The Bertz CT molecular complexity index is 535. The van der Waals surface area contributed by atoms with Crippen molar-refractivity contribution in [2.24, 2.45) is 7.05 Å².